The molecule has 27 heavy (non-hydrogen) atoms. The van der Waals surface area contributed by atoms with Crippen molar-refractivity contribution in [1.29, 1.82) is 0 Å². The van der Waals surface area contributed by atoms with Crippen molar-refractivity contribution >= 4 is 29.2 Å². The van der Waals surface area contributed by atoms with Crippen molar-refractivity contribution in [2.75, 3.05) is 19.5 Å². The van der Waals surface area contributed by atoms with Crippen molar-refractivity contribution in [1.82, 2.24) is 5.32 Å². The van der Waals surface area contributed by atoms with Crippen LogP contribution in [0.2, 0.25) is 5.02 Å². The van der Waals surface area contributed by atoms with E-state index in [4.69, 9.17) is 26.8 Å². The fourth-order valence-corrected chi connectivity index (χ4v) is 2.73. The third-order valence-corrected chi connectivity index (χ3v) is 4.42. The van der Waals surface area contributed by atoms with Crippen molar-refractivity contribution in [2.45, 2.75) is 26.3 Å². The van der Waals surface area contributed by atoms with E-state index >= 15 is 0 Å². The monoisotopic (exact) mass is 390 g/mol. The number of hydrogen-bond acceptors (Lipinski definition) is 5. The van der Waals surface area contributed by atoms with E-state index in [0.29, 0.717) is 6.42 Å². The van der Waals surface area contributed by atoms with Crippen LogP contribution in [0.25, 0.3) is 0 Å². The van der Waals surface area contributed by atoms with Gasteiger partial charge in [-0.15, -0.1) is 0 Å². The Morgan fingerprint density at radius 3 is 2.48 bits per heavy atom. The SMILES string of the molecule is CC[C@@H](NC(=O)COC(=O)c1cc(Cl)c(N)cc1OC)c1ccc(C)cc1. The van der Waals surface area contributed by atoms with E-state index in [0.717, 1.165) is 11.1 Å². The van der Waals surface area contributed by atoms with Crippen LogP contribution in [0, 0.1) is 6.92 Å². The molecule has 2 rings (SSSR count). The number of nitrogen functional groups attached to an aromatic ring is 1. The zero-order valence-electron chi connectivity index (χ0n) is 15.5. The maximum absolute atomic E-state index is 12.3. The van der Waals surface area contributed by atoms with Crippen LogP contribution in [0.1, 0.15) is 40.9 Å². The van der Waals surface area contributed by atoms with Gasteiger partial charge in [0.25, 0.3) is 5.91 Å². The molecule has 0 saturated carbocycles. The van der Waals surface area contributed by atoms with Gasteiger partial charge < -0.3 is 20.5 Å². The Balaban J connectivity index is 1.99. The predicted octanol–water partition coefficient (Wildman–Crippen LogP) is 3.66. The maximum Gasteiger partial charge on any atom is 0.342 e. The third-order valence-electron chi connectivity index (χ3n) is 4.10. The van der Waals surface area contributed by atoms with E-state index in [2.05, 4.69) is 5.32 Å². The topological polar surface area (TPSA) is 90.7 Å². The van der Waals surface area contributed by atoms with Gasteiger partial charge in [0, 0.05) is 6.07 Å². The van der Waals surface area contributed by atoms with Crippen molar-refractivity contribution in [3.8, 4) is 5.75 Å². The van der Waals surface area contributed by atoms with Gasteiger partial charge in [0.05, 0.1) is 23.9 Å². The molecule has 0 aliphatic heterocycles. The summed E-state index contributed by atoms with van der Waals surface area (Å²) >= 11 is 5.95. The van der Waals surface area contributed by atoms with E-state index in [1.165, 1.54) is 19.2 Å². The first-order chi connectivity index (χ1) is 12.8. The summed E-state index contributed by atoms with van der Waals surface area (Å²) in [5, 5.41) is 3.07. The second-order valence-electron chi connectivity index (χ2n) is 6.09. The average molecular weight is 391 g/mol. The number of hydrogen-bond donors (Lipinski definition) is 2. The van der Waals surface area contributed by atoms with E-state index in [1.54, 1.807) is 0 Å². The number of esters is 1. The van der Waals surface area contributed by atoms with E-state index in [9.17, 15) is 9.59 Å². The molecule has 0 unspecified atom stereocenters. The molecule has 0 aromatic heterocycles. The molecule has 2 aromatic carbocycles. The van der Waals surface area contributed by atoms with Crippen LogP contribution in [0.3, 0.4) is 0 Å². The molecule has 0 aliphatic rings. The summed E-state index contributed by atoms with van der Waals surface area (Å²) in [7, 11) is 1.40. The second kappa shape index (κ2) is 9.28. The number of anilines is 1. The fourth-order valence-electron chi connectivity index (χ4n) is 2.56. The van der Waals surface area contributed by atoms with Gasteiger partial charge in [-0.05, 0) is 25.0 Å². The Hall–Kier alpha value is -2.73. The minimum absolute atomic E-state index is 0.107. The largest absolute Gasteiger partial charge is 0.496 e. The Kier molecular flexibility index (Phi) is 7.07. The molecule has 0 aliphatic carbocycles. The molecule has 7 heteroatoms. The van der Waals surface area contributed by atoms with Gasteiger partial charge in [-0.25, -0.2) is 4.79 Å². The van der Waals surface area contributed by atoms with Crippen LogP contribution in [0.5, 0.6) is 5.75 Å². The number of halogens is 1. The molecule has 0 bridgehead atoms. The molecule has 0 saturated heterocycles. The molecule has 0 fully saturated rings. The second-order valence-corrected chi connectivity index (χ2v) is 6.50. The smallest absolute Gasteiger partial charge is 0.342 e. The normalized spacial score (nSPS) is 11.6. The van der Waals surface area contributed by atoms with Gasteiger partial charge >= 0.3 is 5.97 Å². The Labute approximate surface area is 163 Å². The Morgan fingerprint density at radius 1 is 1.22 bits per heavy atom. The first-order valence-electron chi connectivity index (χ1n) is 8.51. The number of nitrogens with two attached hydrogens (primary N) is 1. The molecule has 3 N–H and O–H groups in total. The Bertz CT molecular complexity index is 821. The fraction of sp³-hybridized carbons (Fsp3) is 0.300. The third kappa shape index (κ3) is 5.37. The molecule has 1 atom stereocenters. The summed E-state index contributed by atoms with van der Waals surface area (Å²) < 4.78 is 10.2. The number of rotatable bonds is 7. The molecule has 0 heterocycles. The highest BCUT2D eigenvalue weighted by atomic mass is 35.5. The first-order valence-corrected chi connectivity index (χ1v) is 8.89. The van der Waals surface area contributed by atoms with Crippen molar-refractivity contribution in [3.63, 3.8) is 0 Å². The number of benzene rings is 2. The lowest BCUT2D eigenvalue weighted by Crippen LogP contribution is -2.32. The number of nitrogens with one attached hydrogen (secondary N) is 1. The standard InChI is InChI=1S/C20H23ClN2O4/c1-4-17(13-7-5-12(2)6-8-13)23-19(24)11-27-20(25)14-9-15(21)16(22)10-18(14)26-3/h5-10,17H,4,11,22H2,1-3H3,(H,23,24)/t17-/m1/s1. The minimum atomic E-state index is -0.715. The van der Waals surface area contributed by atoms with Crippen molar-refractivity contribution in [2.24, 2.45) is 0 Å². The molecule has 0 spiro atoms. The summed E-state index contributed by atoms with van der Waals surface area (Å²) in [6.45, 7) is 3.56. The van der Waals surface area contributed by atoms with E-state index in [-0.39, 0.29) is 28.1 Å². The Morgan fingerprint density at radius 2 is 1.89 bits per heavy atom. The maximum atomic E-state index is 12.3. The molecule has 2 aromatic rings. The lowest BCUT2D eigenvalue weighted by molar-refractivity contribution is -0.125. The number of carbonyl (C=O) groups excluding carboxylic acids is 2. The molecular weight excluding hydrogens is 368 g/mol. The zero-order chi connectivity index (χ0) is 20.0. The highest BCUT2D eigenvalue weighted by molar-refractivity contribution is 6.33. The van der Waals surface area contributed by atoms with Gasteiger partial charge in [0.2, 0.25) is 0 Å². The summed E-state index contributed by atoms with van der Waals surface area (Å²) in [6.07, 6.45) is 0.712. The quantitative estimate of drug-likeness (QED) is 0.556. The number of carbonyl (C=O) groups is 2. The molecule has 6 nitrogen and oxygen atoms in total. The predicted molar refractivity (Wildman–Crippen MR) is 105 cm³/mol. The molecular formula is C20H23ClN2O4. The number of methoxy groups -OCH3 is 1. The van der Waals surface area contributed by atoms with Gasteiger partial charge in [-0.1, -0.05) is 48.4 Å². The summed E-state index contributed by atoms with van der Waals surface area (Å²) in [5.74, 6) is -0.878. The molecule has 0 radical (unpaired) electrons. The number of aryl methyl sites for hydroxylation is 1. The van der Waals surface area contributed by atoms with Crippen LogP contribution in [-0.4, -0.2) is 25.6 Å². The summed E-state index contributed by atoms with van der Waals surface area (Å²) in [6, 6.07) is 10.6. The van der Waals surface area contributed by atoms with E-state index in [1.807, 2.05) is 38.1 Å². The first kappa shape index (κ1) is 20.6. The van der Waals surface area contributed by atoms with Crippen LogP contribution < -0.4 is 15.8 Å². The number of ether oxygens (including phenoxy) is 2. The number of amides is 1. The average Bonchev–Trinajstić information content (AvgIpc) is 2.66. The highest BCUT2D eigenvalue weighted by Gasteiger charge is 2.19. The van der Waals surface area contributed by atoms with Crippen molar-refractivity contribution in [3.05, 3.63) is 58.1 Å². The summed E-state index contributed by atoms with van der Waals surface area (Å²) in [5.41, 5.74) is 8.22. The lowest BCUT2D eigenvalue weighted by atomic mass is 10.0. The van der Waals surface area contributed by atoms with E-state index < -0.39 is 18.5 Å². The van der Waals surface area contributed by atoms with Crippen LogP contribution in [0.4, 0.5) is 5.69 Å². The zero-order valence-corrected chi connectivity index (χ0v) is 16.3. The van der Waals surface area contributed by atoms with Crippen molar-refractivity contribution < 1.29 is 19.1 Å². The van der Waals surface area contributed by atoms with Crippen LogP contribution >= 0.6 is 11.6 Å². The van der Waals surface area contributed by atoms with Crippen LogP contribution in [0.15, 0.2) is 36.4 Å². The van der Waals surface area contributed by atoms with Gasteiger partial charge in [-0.3, -0.25) is 4.79 Å². The highest BCUT2D eigenvalue weighted by Crippen LogP contribution is 2.29. The van der Waals surface area contributed by atoms with Gasteiger partial charge in [0.15, 0.2) is 6.61 Å². The lowest BCUT2D eigenvalue weighted by Gasteiger charge is -2.18. The van der Waals surface area contributed by atoms with Crippen LogP contribution in [-0.2, 0) is 9.53 Å². The molecule has 144 valence electrons. The minimum Gasteiger partial charge on any atom is -0.496 e. The van der Waals surface area contributed by atoms with Gasteiger partial charge in [0.1, 0.15) is 11.3 Å². The van der Waals surface area contributed by atoms with Gasteiger partial charge in [-0.2, -0.15) is 0 Å². The summed E-state index contributed by atoms with van der Waals surface area (Å²) in [4.78, 5) is 24.5. The molecule has 1 amide bonds.